The van der Waals surface area contributed by atoms with Crippen molar-refractivity contribution in [3.8, 4) is 5.75 Å². The molecular formula is C15H24BrNO2. The largest absolute Gasteiger partial charge is 0.491 e. The zero-order valence-electron chi connectivity index (χ0n) is 11.9. The second-order valence-electron chi connectivity index (χ2n) is 5.36. The summed E-state index contributed by atoms with van der Waals surface area (Å²) in [6, 6.07) is 8.04. The lowest BCUT2D eigenvalue weighted by Gasteiger charge is -2.19. The first-order valence-corrected chi connectivity index (χ1v) is 7.56. The van der Waals surface area contributed by atoms with Gasteiger partial charge in [-0.1, -0.05) is 35.8 Å². The number of aliphatic hydroxyl groups excluding tert-OH is 1. The number of rotatable bonds is 8. The van der Waals surface area contributed by atoms with Crippen LogP contribution in [0.25, 0.3) is 0 Å². The fraction of sp³-hybridized carbons (Fsp3) is 0.600. The maximum atomic E-state index is 9.86. The Labute approximate surface area is 124 Å². The van der Waals surface area contributed by atoms with E-state index < -0.39 is 6.10 Å². The van der Waals surface area contributed by atoms with E-state index in [1.165, 1.54) is 0 Å². The van der Waals surface area contributed by atoms with Crippen molar-refractivity contribution in [1.29, 1.82) is 0 Å². The van der Waals surface area contributed by atoms with Gasteiger partial charge >= 0.3 is 0 Å². The van der Waals surface area contributed by atoms with Crippen molar-refractivity contribution < 1.29 is 9.84 Å². The molecule has 0 aliphatic carbocycles. The second kappa shape index (κ2) is 8.56. The minimum Gasteiger partial charge on any atom is -0.491 e. The Morgan fingerprint density at radius 3 is 2.68 bits per heavy atom. The molecule has 0 saturated carbocycles. The maximum absolute atomic E-state index is 9.86. The van der Waals surface area contributed by atoms with Gasteiger partial charge in [0.15, 0.2) is 0 Å². The van der Waals surface area contributed by atoms with Gasteiger partial charge in [-0.2, -0.15) is 0 Å². The number of halogens is 1. The Morgan fingerprint density at radius 2 is 2.05 bits per heavy atom. The molecule has 0 fully saturated rings. The van der Waals surface area contributed by atoms with E-state index in [0.29, 0.717) is 25.1 Å². The highest BCUT2D eigenvalue weighted by Crippen LogP contribution is 2.17. The zero-order valence-corrected chi connectivity index (χ0v) is 13.5. The molecular weight excluding hydrogens is 306 g/mol. The lowest BCUT2D eigenvalue weighted by atomic mass is 10.1. The summed E-state index contributed by atoms with van der Waals surface area (Å²) in [5.74, 6) is 1.43. The molecule has 1 rings (SSSR count). The summed E-state index contributed by atoms with van der Waals surface area (Å²) < 4.78 is 6.52. The van der Waals surface area contributed by atoms with Gasteiger partial charge in [0.05, 0.1) is 0 Å². The van der Waals surface area contributed by atoms with E-state index in [4.69, 9.17) is 4.74 Å². The monoisotopic (exact) mass is 329 g/mol. The lowest BCUT2D eigenvalue weighted by Crippen LogP contribution is -2.37. The lowest BCUT2D eigenvalue weighted by molar-refractivity contribution is 0.103. The molecule has 0 spiro atoms. The van der Waals surface area contributed by atoms with E-state index in [-0.39, 0.29) is 0 Å². The van der Waals surface area contributed by atoms with Gasteiger partial charge in [-0.05, 0) is 37.5 Å². The molecule has 4 heteroatoms. The average molecular weight is 330 g/mol. The number of nitrogens with one attached hydrogen (secondary N) is 1. The Kier molecular flexibility index (Phi) is 7.42. The molecule has 0 bridgehead atoms. The molecule has 108 valence electrons. The van der Waals surface area contributed by atoms with Gasteiger partial charge in [0.1, 0.15) is 18.5 Å². The Balaban J connectivity index is 2.22. The van der Waals surface area contributed by atoms with Crippen molar-refractivity contribution in [1.82, 2.24) is 5.32 Å². The molecule has 0 radical (unpaired) electrons. The molecule has 1 aromatic rings. The van der Waals surface area contributed by atoms with Crippen LogP contribution in [0.1, 0.15) is 27.2 Å². The van der Waals surface area contributed by atoms with Crippen LogP contribution in [0.2, 0.25) is 0 Å². The van der Waals surface area contributed by atoms with Gasteiger partial charge in [0.25, 0.3) is 0 Å². The quantitative estimate of drug-likeness (QED) is 0.769. The third-order valence-electron chi connectivity index (χ3n) is 2.77. The average Bonchev–Trinajstić information content (AvgIpc) is 2.33. The second-order valence-corrected chi connectivity index (χ2v) is 6.28. The van der Waals surface area contributed by atoms with Crippen molar-refractivity contribution in [2.24, 2.45) is 5.92 Å². The van der Waals surface area contributed by atoms with E-state index in [2.05, 4.69) is 42.0 Å². The van der Waals surface area contributed by atoms with Crippen LogP contribution < -0.4 is 10.1 Å². The molecule has 0 aromatic heterocycles. The molecule has 0 heterocycles. The molecule has 2 unspecified atom stereocenters. The Morgan fingerprint density at radius 1 is 1.32 bits per heavy atom. The minimum absolute atomic E-state index is 0.303. The summed E-state index contributed by atoms with van der Waals surface area (Å²) in [6.45, 7) is 7.40. The Bertz CT molecular complexity index is 371. The number of benzene rings is 1. The molecule has 0 saturated heterocycles. The van der Waals surface area contributed by atoms with Gasteiger partial charge in [-0.15, -0.1) is 0 Å². The van der Waals surface area contributed by atoms with Crippen LogP contribution in [0.4, 0.5) is 0 Å². The summed E-state index contributed by atoms with van der Waals surface area (Å²) >= 11 is 3.39. The first-order valence-electron chi connectivity index (χ1n) is 6.77. The van der Waals surface area contributed by atoms with Crippen molar-refractivity contribution in [3.63, 3.8) is 0 Å². The van der Waals surface area contributed by atoms with E-state index in [9.17, 15) is 5.11 Å². The third-order valence-corrected chi connectivity index (χ3v) is 3.26. The van der Waals surface area contributed by atoms with Crippen LogP contribution in [-0.2, 0) is 0 Å². The summed E-state index contributed by atoms with van der Waals surface area (Å²) in [4.78, 5) is 0. The minimum atomic E-state index is -0.492. The smallest absolute Gasteiger partial charge is 0.120 e. The zero-order chi connectivity index (χ0) is 14.3. The molecule has 1 aromatic carbocycles. The van der Waals surface area contributed by atoms with E-state index in [0.717, 1.165) is 16.6 Å². The summed E-state index contributed by atoms with van der Waals surface area (Å²) in [7, 11) is 0. The number of aliphatic hydroxyl groups is 1. The van der Waals surface area contributed by atoms with Crippen LogP contribution in [0.15, 0.2) is 28.7 Å². The van der Waals surface area contributed by atoms with E-state index >= 15 is 0 Å². The SMILES string of the molecule is CC(C)CC(C)NCC(O)COc1cccc(Br)c1. The first kappa shape index (κ1) is 16.5. The van der Waals surface area contributed by atoms with Crippen LogP contribution >= 0.6 is 15.9 Å². The van der Waals surface area contributed by atoms with Gasteiger partial charge in [-0.3, -0.25) is 0 Å². The van der Waals surface area contributed by atoms with Crippen molar-refractivity contribution in [3.05, 3.63) is 28.7 Å². The molecule has 2 atom stereocenters. The highest BCUT2D eigenvalue weighted by molar-refractivity contribution is 9.10. The van der Waals surface area contributed by atoms with E-state index in [1.54, 1.807) is 0 Å². The molecule has 0 aliphatic rings. The third kappa shape index (κ3) is 7.55. The Hall–Kier alpha value is -0.580. The van der Waals surface area contributed by atoms with Crippen molar-refractivity contribution >= 4 is 15.9 Å². The summed E-state index contributed by atoms with van der Waals surface area (Å²) in [5, 5.41) is 13.2. The van der Waals surface area contributed by atoms with Crippen LogP contribution in [0, 0.1) is 5.92 Å². The highest BCUT2D eigenvalue weighted by Gasteiger charge is 2.09. The van der Waals surface area contributed by atoms with Crippen LogP contribution in [-0.4, -0.2) is 30.4 Å². The molecule has 2 N–H and O–H groups in total. The fourth-order valence-electron chi connectivity index (χ4n) is 1.94. The topological polar surface area (TPSA) is 41.5 Å². The maximum Gasteiger partial charge on any atom is 0.120 e. The first-order chi connectivity index (χ1) is 8.97. The van der Waals surface area contributed by atoms with Crippen LogP contribution in [0.5, 0.6) is 5.75 Å². The molecule has 3 nitrogen and oxygen atoms in total. The van der Waals surface area contributed by atoms with Crippen molar-refractivity contribution in [2.45, 2.75) is 39.3 Å². The predicted molar refractivity (Wildman–Crippen MR) is 82.6 cm³/mol. The predicted octanol–water partition coefficient (Wildman–Crippen LogP) is 3.21. The number of hydrogen-bond donors (Lipinski definition) is 2. The standard InChI is InChI=1S/C15H24BrNO2/c1-11(2)7-12(3)17-9-14(18)10-19-15-6-4-5-13(16)8-15/h4-6,8,11-12,14,17-18H,7,9-10H2,1-3H3. The normalized spacial score (nSPS) is 14.4. The van der Waals surface area contributed by atoms with Gasteiger partial charge in [0.2, 0.25) is 0 Å². The summed E-state index contributed by atoms with van der Waals surface area (Å²) in [5.41, 5.74) is 0. The molecule has 19 heavy (non-hydrogen) atoms. The molecule has 0 amide bonds. The van der Waals surface area contributed by atoms with Gasteiger partial charge in [0, 0.05) is 17.1 Å². The molecule has 0 aliphatic heterocycles. The number of ether oxygens (including phenoxy) is 1. The number of hydrogen-bond acceptors (Lipinski definition) is 3. The summed E-state index contributed by atoms with van der Waals surface area (Å²) in [6.07, 6.45) is 0.618. The van der Waals surface area contributed by atoms with E-state index in [1.807, 2.05) is 24.3 Å². The van der Waals surface area contributed by atoms with Gasteiger partial charge < -0.3 is 15.2 Å². The van der Waals surface area contributed by atoms with Crippen molar-refractivity contribution in [2.75, 3.05) is 13.2 Å². The van der Waals surface area contributed by atoms with Crippen LogP contribution in [0.3, 0.4) is 0 Å². The fourth-order valence-corrected chi connectivity index (χ4v) is 2.31. The highest BCUT2D eigenvalue weighted by atomic mass is 79.9. The van der Waals surface area contributed by atoms with Gasteiger partial charge in [-0.25, -0.2) is 0 Å².